The summed E-state index contributed by atoms with van der Waals surface area (Å²) in [6.07, 6.45) is 10.1. The van der Waals surface area contributed by atoms with Crippen molar-refractivity contribution in [3.63, 3.8) is 0 Å². The standard InChI is InChI=1S/C8H14O/c1-2-3-4-5-6-7-8-9/h4-5,7-9H,2-3,6H2,1H3. The third-order valence-electron chi connectivity index (χ3n) is 1.000. The third-order valence-corrected chi connectivity index (χ3v) is 1.000. The maximum absolute atomic E-state index is 8.21. The summed E-state index contributed by atoms with van der Waals surface area (Å²) in [6, 6.07) is 0. The average Bonchev–Trinajstić information content (AvgIpc) is 1.89. The van der Waals surface area contributed by atoms with E-state index in [0.717, 1.165) is 19.1 Å². The fraction of sp³-hybridized carbons (Fsp3) is 0.500. The summed E-state index contributed by atoms with van der Waals surface area (Å²) in [5.74, 6) is 0. The zero-order valence-corrected chi connectivity index (χ0v) is 5.88. The zero-order valence-electron chi connectivity index (χ0n) is 5.88. The minimum Gasteiger partial charge on any atom is -0.516 e. The Hall–Kier alpha value is -0.720. The van der Waals surface area contributed by atoms with E-state index in [2.05, 4.69) is 19.1 Å². The summed E-state index contributed by atoms with van der Waals surface area (Å²) in [6.45, 7) is 2.15. The van der Waals surface area contributed by atoms with Gasteiger partial charge in [0.1, 0.15) is 0 Å². The fourth-order valence-corrected chi connectivity index (χ4v) is 0.520. The van der Waals surface area contributed by atoms with Crippen molar-refractivity contribution in [3.8, 4) is 0 Å². The van der Waals surface area contributed by atoms with Crippen LogP contribution in [0.1, 0.15) is 26.2 Å². The largest absolute Gasteiger partial charge is 0.516 e. The van der Waals surface area contributed by atoms with Gasteiger partial charge in [0.15, 0.2) is 0 Å². The maximum Gasteiger partial charge on any atom is 0.0754 e. The lowest BCUT2D eigenvalue weighted by Crippen LogP contribution is -1.61. The van der Waals surface area contributed by atoms with Crippen molar-refractivity contribution in [1.29, 1.82) is 0 Å². The Morgan fingerprint density at radius 2 is 2.00 bits per heavy atom. The van der Waals surface area contributed by atoms with Crippen molar-refractivity contribution >= 4 is 0 Å². The molecule has 1 N–H and O–H groups in total. The zero-order chi connectivity index (χ0) is 6.95. The van der Waals surface area contributed by atoms with Gasteiger partial charge in [0, 0.05) is 0 Å². The van der Waals surface area contributed by atoms with Gasteiger partial charge in [-0.2, -0.15) is 0 Å². The molecule has 0 saturated heterocycles. The van der Waals surface area contributed by atoms with Crippen LogP contribution in [0, 0.1) is 0 Å². The summed E-state index contributed by atoms with van der Waals surface area (Å²) >= 11 is 0. The minimum atomic E-state index is 0.844. The fourth-order valence-electron chi connectivity index (χ4n) is 0.520. The van der Waals surface area contributed by atoms with Crippen molar-refractivity contribution < 1.29 is 5.11 Å². The number of unbranched alkanes of at least 4 members (excludes halogenated alkanes) is 1. The van der Waals surface area contributed by atoms with Crippen LogP contribution in [0.5, 0.6) is 0 Å². The van der Waals surface area contributed by atoms with E-state index < -0.39 is 0 Å². The molecular weight excluding hydrogens is 112 g/mol. The summed E-state index contributed by atoms with van der Waals surface area (Å²) in [5.41, 5.74) is 0. The second kappa shape index (κ2) is 7.28. The van der Waals surface area contributed by atoms with Crippen LogP contribution < -0.4 is 0 Å². The molecule has 0 atom stereocenters. The molecule has 0 aliphatic heterocycles. The molecule has 0 amide bonds. The van der Waals surface area contributed by atoms with E-state index in [1.54, 1.807) is 6.08 Å². The average molecular weight is 126 g/mol. The van der Waals surface area contributed by atoms with Crippen molar-refractivity contribution in [2.24, 2.45) is 0 Å². The summed E-state index contributed by atoms with van der Waals surface area (Å²) in [7, 11) is 0. The quantitative estimate of drug-likeness (QED) is 0.453. The van der Waals surface area contributed by atoms with Crippen LogP contribution in [-0.4, -0.2) is 5.11 Å². The normalized spacial score (nSPS) is 11.7. The maximum atomic E-state index is 8.21. The highest BCUT2D eigenvalue weighted by Crippen LogP contribution is 1.91. The summed E-state index contributed by atoms with van der Waals surface area (Å²) < 4.78 is 0. The molecule has 0 aromatic carbocycles. The molecule has 0 aliphatic rings. The number of allylic oxidation sites excluding steroid dienone is 3. The molecule has 1 nitrogen and oxygen atoms in total. The van der Waals surface area contributed by atoms with E-state index in [4.69, 9.17) is 5.11 Å². The highest BCUT2D eigenvalue weighted by atomic mass is 16.2. The first-order valence-corrected chi connectivity index (χ1v) is 3.36. The van der Waals surface area contributed by atoms with Gasteiger partial charge in [0.05, 0.1) is 6.26 Å². The van der Waals surface area contributed by atoms with E-state index in [1.807, 2.05) is 0 Å². The molecular formula is C8H14O. The predicted octanol–water partition coefficient (Wildman–Crippen LogP) is 2.80. The van der Waals surface area contributed by atoms with Crippen molar-refractivity contribution in [2.45, 2.75) is 26.2 Å². The first-order valence-electron chi connectivity index (χ1n) is 3.36. The summed E-state index contributed by atoms with van der Waals surface area (Å²) in [4.78, 5) is 0. The smallest absolute Gasteiger partial charge is 0.0754 e. The predicted molar refractivity (Wildman–Crippen MR) is 40.4 cm³/mol. The molecule has 0 rings (SSSR count). The van der Waals surface area contributed by atoms with Crippen LogP contribution >= 0.6 is 0 Å². The molecule has 0 fully saturated rings. The van der Waals surface area contributed by atoms with E-state index >= 15 is 0 Å². The second-order valence-corrected chi connectivity index (χ2v) is 1.88. The van der Waals surface area contributed by atoms with Gasteiger partial charge in [-0.05, 0) is 18.9 Å². The number of aliphatic hydroxyl groups excluding tert-OH is 1. The van der Waals surface area contributed by atoms with Crippen LogP contribution in [0.2, 0.25) is 0 Å². The Kier molecular flexibility index (Phi) is 6.70. The Balaban J connectivity index is 3.04. The molecule has 1 heteroatoms. The lowest BCUT2D eigenvalue weighted by atomic mass is 10.3. The molecule has 52 valence electrons. The highest BCUT2D eigenvalue weighted by molar-refractivity contribution is 4.89. The SMILES string of the molecule is CCCC=CCC=CO. The van der Waals surface area contributed by atoms with Crippen LogP contribution in [0.25, 0.3) is 0 Å². The first-order chi connectivity index (χ1) is 4.41. The van der Waals surface area contributed by atoms with E-state index in [9.17, 15) is 0 Å². The van der Waals surface area contributed by atoms with Gasteiger partial charge < -0.3 is 5.11 Å². The Morgan fingerprint density at radius 3 is 2.56 bits per heavy atom. The van der Waals surface area contributed by atoms with Gasteiger partial charge in [0.25, 0.3) is 0 Å². The van der Waals surface area contributed by atoms with Gasteiger partial charge in [-0.1, -0.05) is 25.5 Å². The molecule has 9 heavy (non-hydrogen) atoms. The third kappa shape index (κ3) is 7.28. The first kappa shape index (κ1) is 8.28. The topological polar surface area (TPSA) is 20.2 Å². The van der Waals surface area contributed by atoms with Crippen molar-refractivity contribution in [2.75, 3.05) is 0 Å². The molecule has 0 radical (unpaired) electrons. The number of aliphatic hydroxyl groups is 1. The molecule has 0 bridgehead atoms. The second-order valence-electron chi connectivity index (χ2n) is 1.88. The number of rotatable bonds is 4. The van der Waals surface area contributed by atoms with Gasteiger partial charge in [-0.25, -0.2) is 0 Å². The van der Waals surface area contributed by atoms with Crippen LogP contribution in [-0.2, 0) is 0 Å². The number of hydrogen-bond donors (Lipinski definition) is 1. The minimum absolute atomic E-state index is 0.844. The van der Waals surface area contributed by atoms with Crippen LogP contribution in [0.15, 0.2) is 24.5 Å². The molecule has 0 aromatic rings. The Bertz CT molecular complexity index is 92.7. The lowest BCUT2D eigenvalue weighted by Gasteiger charge is -1.81. The molecule has 0 aromatic heterocycles. The van der Waals surface area contributed by atoms with Gasteiger partial charge in [-0.3, -0.25) is 0 Å². The van der Waals surface area contributed by atoms with Gasteiger partial charge in [0.2, 0.25) is 0 Å². The van der Waals surface area contributed by atoms with E-state index in [-0.39, 0.29) is 0 Å². The molecule has 0 spiro atoms. The van der Waals surface area contributed by atoms with Gasteiger partial charge in [-0.15, -0.1) is 0 Å². The van der Waals surface area contributed by atoms with Crippen LogP contribution in [0.3, 0.4) is 0 Å². The summed E-state index contributed by atoms with van der Waals surface area (Å²) in [5, 5.41) is 8.21. The number of hydrogen-bond acceptors (Lipinski definition) is 1. The molecule has 0 aliphatic carbocycles. The van der Waals surface area contributed by atoms with Crippen molar-refractivity contribution in [3.05, 3.63) is 24.5 Å². The monoisotopic (exact) mass is 126 g/mol. The highest BCUT2D eigenvalue weighted by Gasteiger charge is 1.71. The molecule has 0 heterocycles. The van der Waals surface area contributed by atoms with Crippen LogP contribution in [0.4, 0.5) is 0 Å². The van der Waals surface area contributed by atoms with E-state index in [0.29, 0.717) is 0 Å². The molecule has 0 saturated carbocycles. The van der Waals surface area contributed by atoms with Gasteiger partial charge >= 0.3 is 0 Å². The Labute approximate surface area is 56.7 Å². The lowest BCUT2D eigenvalue weighted by molar-refractivity contribution is 0.471. The van der Waals surface area contributed by atoms with E-state index in [1.165, 1.54) is 6.42 Å². The molecule has 0 unspecified atom stereocenters. The Morgan fingerprint density at radius 1 is 1.22 bits per heavy atom. The van der Waals surface area contributed by atoms with Crippen molar-refractivity contribution in [1.82, 2.24) is 0 Å².